The van der Waals surface area contributed by atoms with Gasteiger partial charge in [-0.25, -0.2) is 0 Å². The average Bonchev–Trinajstić information content (AvgIpc) is 2.60. The van der Waals surface area contributed by atoms with Gasteiger partial charge in [0, 0.05) is 17.3 Å². The van der Waals surface area contributed by atoms with Gasteiger partial charge in [0.05, 0.1) is 11.5 Å². The highest BCUT2D eigenvalue weighted by molar-refractivity contribution is 5.96. The quantitative estimate of drug-likeness (QED) is 0.673. The molecule has 0 unspecified atom stereocenters. The largest absolute Gasteiger partial charge is 0.461 e. The number of ether oxygens (including phenoxy) is 1. The van der Waals surface area contributed by atoms with Gasteiger partial charge in [0.25, 0.3) is 0 Å². The van der Waals surface area contributed by atoms with Crippen molar-refractivity contribution in [1.29, 1.82) is 0 Å². The monoisotopic (exact) mass is 264 g/mol. The number of ketones is 1. The van der Waals surface area contributed by atoms with Crippen LogP contribution in [0.15, 0.2) is 12.2 Å². The summed E-state index contributed by atoms with van der Waals surface area (Å²) in [5.41, 5.74) is -1.72. The van der Waals surface area contributed by atoms with Crippen LogP contribution in [0.25, 0.3) is 0 Å². The molecule has 1 N–H and O–H groups in total. The molecule has 0 bridgehead atoms. The van der Waals surface area contributed by atoms with Gasteiger partial charge in [-0.3, -0.25) is 9.59 Å². The van der Waals surface area contributed by atoms with E-state index in [1.807, 2.05) is 13.8 Å². The van der Waals surface area contributed by atoms with Gasteiger partial charge < -0.3 is 9.84 Å². The van der Waals surface area contributed by atoms with Crippen LogP contribution in [0.5, 0.6) is 0 Å². The highest BCUT2D eigenvalue weighted by atomic mass is 16.6. The summed E-state index contributed by atoms with van der Waals surface area (Å²) in [4.78, 5) is 24.1. The van der Waals surface area contributed by atoms with Gasteiger partial charge in [-0.05, 0) is 31.9 Å². The van der Waals surface area contributed by atoms with E-state index >= 15 is 0 Å². The number of aliphatic hydroxyl groups is 1. The maximum atomic E-state index is 12.3. The van der Waals surface area contributed by atoms with Gasteiger partial charge in [-0.1, -0.05) is 13.8 Å². The molecule has 6 atom stereocenters. The first-order valence-corrected chi connectivity index (χ1v) is 6.94. The Labute approximate surface area is 112 Å². The molecular weight excluding hydrogens is 244 g/mol. The molecule has 0 aromatic rings. The Morgan fingerprint density at radius 3 is 2.74 bits per heavy atom. The van der Waals surface area contributed by atoms with Crippen molar-refractivity contribution in [3.63, 3.8) is 0 Å². The van der Waals surface area contributed by atoms with Crippen LogP contribution < -0.4 is 0 Å². The zero-order chi connectivity index (χ0) is 14.0. The summed E-state index contributed by atoms with van der Waals surface area (Å²) in [6.45, 7) is 5.48. The van der Waals surface area contributed by atoms with Gasteiger partial charge >= 0.3 is 5.97 Å². The number of fused-ring (bicyclic) bond motifs is 3. The average molecular weight is 264 g/mol. The number of esters is 1. The summed E-state index contributed by atoms with van der Waals surface area (Å²) in [5.74, 6) is -0.511. The van der Waals surface area contributed by atoms with Crippen molar-refractivity contribution in [2.24, 2.45) is 23.2 Å². The maximum Gasteiger partial charge on any atom is 0.309 e. The van der Waals surface area contributed by atoms with Gasteiger partial charge in [0.1, 0.15) is 6.10 Å². The Morgan fingerprint density at radius 1 is 1.37 bits per heavy atom. The van der Waals surface area contributed by atoms with E-state index in [1.165, 1.54) is 6.08 Å². The van der Waals surface area contributed by atoms with Crippen LogP contribution in [0.3, 0.4) is 0 Å². The molecule has 1 aliphatic heterocycles. The van der Waals surface area contributed by atoms with E-state index in [9.17, 15) is 14.7 Å². The summed E-state index contributed by atoms with van der Waals surface area (Å²) in [7, 11) is 0. The molecule has 3 aliphatic rings. The zero-order valence-corrected chi connectivity index (χ0v) is 11.6. The SMILES string of the molecule is C[C@@H]1C(=O)O[C@H]2[C@@H]1CC[C@@]1(C)C(=O)C=C[C@](C)(O)[C@H]21. The predicted octanol–water partition coefficient (Wildman–Crippen LogP) is 1.47. The Morgan fingerprint density at radius 2 is 2.05 bits per heavy atom. The molecular formula is C15H20O4. The summed E-state index contributed by atoms with van der Waals surface area (Å²) >= 11 is 0. The fourth-order valence-corrected chi connectivity index (χ4v) is 4.29. The second kappa shape index (κ2) is 3.69. The lowest BCUT2D eigenvalue weighted by Gasteiger charge is -2.52. The lowest BCUT2D eigenvalue weighted by molar-refractivity contribution is -0.167. The lowest BCUT2D eigenvalue weighted by atomic mass is 9.53. The molecule has 4 heteroatoms. The van der Waals surface area contributed by atoms with Gasteiger partial charge in [-0.15, -0.1) is 0 Å². The number of hydrogen-bond acceptors (Lipinski definition) is 4. The van der Waals surface area contributed by atoms with Crippen LogP contribution in [0.2, 0.25) is 0 Å². The Kier molecular flexibility index (Phi) is 2.50. The third-order valence-electron chi connectivity index (χ3n) is 5.46. The van der Waals surface area contributed by atoms with Crippen molar-refractivity contribution in [3.05, 3.63) is 12.2 Å². The van der Waals surface area contributed by atoms with E-state index in [0.717, 1.165) is 6.42 Å². The molecule has 0 aromatic carbocycles. The second-order valence-electron chi connectivity index (χ2n) is 6.71. The molecule has 2 aliphatic carbocycles. The standard InChI is InChI=1S/C15H20O4/c1-8-9-4-6-14(2)10(16)5-7-15(3,18)12(14)11(9)19-13(8)17/h5,7-9,11-12,18H,4,6H2,1-3H3/t8-,9+,11-,12+,14-,15-/m0/s1. The van der Waals surface area contributed by atoms with Crippen molar-refractivity contribution in [1.82, 2.24) is 0 Å². The van der Waals surface area contributed by atoms with Crippen LogP contribution in [0.4, 0.5) is 0 Å². The Hall–Kier alpha value is -1.16. The molecule has 1 saturated heterocycles. The first-order valence-electron chi connectivity index (χ1n) is 6.94. The molecule has 1 saturated carbocycles. The third-order valence-corrected chi connectivity index (χ3v) is 5.46. The molecule has 0 spiro atoms. The number of carbonyl (C=O) groups is 2. The molecule has 1 heterocycles. The van der Waals surface area contributed by atoms with E-state index in [4.69, 9.17) is 4.74 Å². The molecule has 3 rings (SSSR count). The lowest BCUT2D eigenvalue weighted by Crippen LogP contribution is -2.59. The summed E-state index contributed by atoms with van der Waals surface area (Å²) in [6, 6.07) is 0. The first-order chi connectivity index (χ1) is 8.77. The fourth-order valence-electron chi connectivity index (χ4n) is 4.29. The fraction of sp³-hybridized carbons (Fsp3) is 0.733. The maximum absolute atomic E-state index is 12.3. The minimum absolute atomic E-state index is 0.0399. The first kappa shape index (κ1) is 12.9. The second-order valence-corrected chi connectivity index (χ2v) is 6.71. The van der Waals surface area contributed by atoms with Crippen LogP contribution >= 0.6 is 0 Å². The highest BCUT2D eigenvalue weighted by Crippen LogP contribution is 2.56. The summed E-state index contributed by atoms with van der Waals surface area (Å²) < 4.78 is 5.51. The highest BCUT2D eigenvalue weighted by Gasteiger charge is 2.62. The predicted molar refractivity (Wildman–Crippen MR) is 68.1 cm³/mol. The minimum Gasteiger partial charge on any atom is -0.461 e. The summed E-state index contributed by atoms with van der Waals surface area (Å²) in [5, 5.41) is 10.6. The topological polar surface area (TPSA) is 63.6 Å². The smallest absolute Gasteiger partial charge is 0.309 e. The normalized spacial score (nSPS) is 52.6. The molecule has 0 aromatic heterocycles. The molecule has 2 fully saturated rings. The van der Waals surface area contributed by atoms with Gasteiger partial charge in [-0.2, -0.15) is 0 Å². The van der Waals surface area contributed by atoms with Gasteiger partial charge in [0.15, 0.2) is 5.78 Å². The van der Waals surface area contributed by atoms with Crippen molar-refractivity contribution in [2.75, 3.05) is 0 Å². The Balaban J connectivity index is 2.07. The summed E-state index contributed by atoms with van der Waals surface area (Å²) in [6.07, 6.45) is 4.21. The van der Waals surface area contributed by atoms with E-state index < -0.39 is 11.0 Å². The minimum atomic E-state index is -1.10. The van der Waals surface area contributed by atoms with E-state index in [2.05, 4.69) is 0 Å². The van der Waals surface area contributed by atoms with Crippen LogP contribution in [0.1, 0.15) is 33.6 Å². The van der Waals surface area contributed by atoms with Crippen LogP contribution in [-0.4, -0.2) is 28.6 Å². The number of rotatable bonds is 0. The van der Waals surface area contributed by atoms with E-state index in [-0.39, 0.29) is 35.6 Å². The van der Waals surface area contributed by atoms with Crippen LogP contribution in [0, 0.1) is 23.2 Å². The van der Waals surface area contributed by atoms with Gasteiger partial charge in [0.2, 0.25) is 0 Å². The zero-order valence-electron chi connectivity index (χ0n) is 11.6. The molecule has 0 radical (unpaired) electrons. The van der Waals surface area contributed by atoms with E-state index in [0.29, 0.717) is 6.42 Å². The van der Waals surface area contributed by atoms with Crippen molar-refractivity contribution >= 4 is 11.8 Å². The molecule has 0 amide bonds. The number of allylic oxidation sites excluding steroid dienone is 1. The van der Waals surface area contributed by atoms with E-state index in [1.54, 1.807) is 13.0 Å². The van der Waals surface area contributed by atoms with Crippen LogP contribution in [-0.2, 0) is 14.3 Å². The third kappa shape index (κ3) is 1.55. The van der Waals surface area contributed by atoms with Crippen molar-refractivity contribution in [3.8, 4) is 0 Å². The molecule has 19 heavy (non-hydrogen) atoms. The number of carbonyl (C=O) groups excluding carboxylic acids is 2. The van der Waals surface area contributed by atoms with Crippen molar-refractivity contribution in [2.45, 2.75) is 45.3 Å². The molecule has 4 nitrogen and oxygen atoms in total. The Bertz CT molecular complexity index is 479. The van der Waals surface area contributed by atoms with Crippen molar-refractivity contribution < 1.29 is 19.4 Å². The molecule has 104 valence electrons. The number of hydrogen-bond donors (Lipinski definition) is 1.